The number of aromatic carboxylic acids is 1. The summed E-state index contributed by atoms with van der Waals surface area (Å²) in [5.41, 5.74) is 3.08. The Morgan fingerprint density at radius 2 is 1.70 bits per heavy atom. The smallest absolute Gasteiger partial charge is 0.335 e. The van der Waals surface area contributed by atoms with Crippen LogP contribution in [0, 0.1) is 5.82 Å². The second-order valence-corrected chi connectivity index (χ2v) is 12.2. The molecule has 6 rings (SSSR count). The van der Waals surface area contributed by atoms with Crippen LogP contribution in [0.3, 0.4) is 0 Å². The van der Waals surface area contributed by atoms with Crippen LogP contribution in [0.2, 0.25) is 0 Å². The molecule has 2 aliphatic rings. The molecule has 224 valence electrons. The van der Waals surface area contributed by atoms with Crippen LogP contribution in [0.25, 0.3) is 22.4 Å². The average molecular weight is 651 g/mol. The number of carbonyl (C=O) groups is 2. The Hall–Kier alpha value is -3.76. The molecule has 0 radical (unpaired) electrons. The monoisotopic (exact) mass is 649 g/mol. The van der Waals surface area contributed by atoms with Gasteiger partial charge in [0.2, 0.25) is 0 Å². The number of imidazole rings is 1. The zero-order valence-corrected chi connectivity index (χ0v) is 25.2. The van der Waals surface area contributed by atoms with E-state index in [2.05, 4.69) is 20.5 Å². The van der Waals surface area contributed by atoms with Crippen molar-refractivity contribution in [1.82, 2.24) is 14.5 Å². The summed E-state index contributed by atoms with van der Waals surface area (Å²) in [5, 5.41) is 19.2. The van der Waals surface area contributed by atoms with E-state index in [1.165, 1.54) is 6.07 Å². The average Bonchev–Trinajstić information content (AvgIpc) is 3.39. The maximum atomic E-state index is 15.7. The molecule has 10 heteroatoms. The van der Waals surface area contributed by atoms with Gasteiger partial charge in [-0.1, -0.05) is 35.2 Å². The third-order valence-corrected chi connectivity index (χ3v) is 9.27. The second-order valence-electron chi connectivity index (χ2n) is 11.4. The number of aromatic nitrogens is 2. The Morgan fingerprint density at radius 1 is 0.953 bits per heavy atom. The number of carboxylic acids is 1. The minimum atomic E-state index is -1.03. The molecule has 4 aromatic rings. The molecule has 0 atom stereocenters. The van der Waals surface area contributed by atoms with E-state index >= 15 is 4.39 Å². The van der Waals surface area contributed by atoms with Gasteiger partial charge in [-0.05, 0) is 74.2 Å². The fourth-order valence-electron chi connectivity index (χ4n) is 6.13. The lowest BCUT2D eigenvalue weighted by Crippen LogP contribution is -2.40. The molecule has 1 amide bonds. The van der Waals surface area contributed by atoms with E-state index in [1.54, 1.807) is 53.4 Å². The van der Waals surface area contributed by atoms with Gasteiger partial charge in [0.25, 0.3) is 5.91 Å². The molecule has 2 N–H and O–H groups in total. The number of benzene rings is 3. The maximum Gasteiger partial charge on any atom is 0.335 e. The van der Waals surface area contributed by atoms with Gasteiger partial charge in [0.1, 0.15) is 24.0 Å². The number of carbonyl (C=O) groups excluding carboxylic acids is 1. The zero-order valence-electron chi connectivity index (χ0n) is 23.6. The van der Waals surface area contributed by atoms with Crippen LogP contribution in [-0.2, 0) is 6.61 Å². The first-order chi connectivity index (χ1) is 20.8. The van der Waals surface area contributed by atoms with Crippen molar-refractivity contribution in [1.29, 1.82) is 0 Å². The predicted molar refractivity (Wildman–Crippen MR) is 164 cm³/mol. The zero-order chi connectivity index (χ0) is 30.1. The number of fused-ring (bicyclic) bond motifs is 1. The Kier molecular flexibility index (Phi) is 8.50. The Bertz CT molecular complexity index is 1670. The molecule has 0 bridgehead atoms. The molecular weight excluding hydrogens is 617 g/mol. The summed E-state index contributed by atoms with van der Waals surface area (Å²) >= 11 is 3.53. The van der Waals surface area contributed by atoms with Gasteiger partial charge < -0.3 is 24.4 Å². The van der Waals surface area contributed by atoms with Crippen LogP contribution >= 0.6 is 15.9 Å². The van der Waals surface area contributed by atoms with Crippen molar-refractivity contribution in [2.45, 2.75) is 63.7 Å². The first kappa shape index (κ1) is 29.3. The highest BCUT2D eigenvalue weighted by molar-refractivity contribution is 9.10. The van der Waals surface area contributed by atoms with Gasteiger partial charge in [0.05, 0.1) is 28.3 Å². The minimum absolute atomic E-state index is 0.0904. The SMILES string of the molecule is O=C(O)c1ccc2c(c1)nc(-c1ccc(OCc3cc(C(=O)N4CCC(O)CC4)ccc3Br)cc1F)n2C1CCCCC1. The van der Waals surface area contributed by atoms with Crippen LogP contribution in [0.4, 0.5) is 4.39 Å². The van der Waals surface area contributed by atoms with E-state index < -0.39 is 11.8 Å². The molecule has 2 heterocycles. The number of carboxylic acid groups (broad SMARTS) is 1. The van der Waals surface area contributed by atoms with Crippen molar-refractivity contribution in [2.24, 2.45) is 0 Å². The highest BCUT2D eigenvalue weighted by atomic mass is 79.9. The van der Waals surface area contributed by atoms with Gasteiger partial charge in [-0.15, -0.1) is 0 Å². The molecule has 1 saturated carbocycles. The second kappa shape index (κ2) is 12.5. The maximum absolute atomic E-state index is 15.7. The van der Waals surface area contributed by atoms with Crippen LogP contribution < -0.4 is 4.74 Å². The van der Waals surface area contributed by atoms with Gasteiger partial charge in [0, 0.05) is 40.8 Å². The molecule has 43 heavy (non-hydrogen) atoms. The molecule has 0 unspecified atom stereocenters. The summed E-state index contributed by atoms with van der Waals surface area (Å²) in [4.78, 5) is 31.1. The third kappa shape index (κ3) is 6.17. The molecule has 1 aliphatic heterocycles. The van der Waals surface area contributed by atoms with Crippen LogP contribution in [0.15, 0.2) is 59.1 Å². The number of ether oxygens (including phenoxy) is 1. The number of halogens is 2. The highest BCUT2D eigenvalue weighted by Crippen LogP contribution is 2.37. The Balaban J connectivity index is 1.24. The molecular formula is C33H33BrFN3O5. The first-order valence-electron chi connectivity index (χ1n) is 14.7. The van der Waals surface area contributed by atoms with E-state index in [4.69, 9.17) is 9.72 Å². The highest BCUT2D eigenvalue weighted by Gasteiger charge is 2.25. The van der Waals surface area contributed by atoms with Crippen molar-refractivity contribution in [3.05, 3.63) is 81.6 Å². The Morgan fingerprint density at radius 3 is 2.42 bits per heavy atom. The van der Waals surface area contributed by atoms with Crippen molar-refractivity contribution in [2.75, 3.05) is 13.1 Å². The number of likely N-dealkylation sites (tertiary alicyclic amines) is 1. The number of nitrogens with zero attached hydrogens (tertiary/aromatic N) is 3. The molecule has 1 aliphatic carbocycles. The lowest BCUT2D eigenvalue weighted by atomic mass is 9.94. The van der Waals surface area contributed by atoms with Crippen LogP contribution in [-0.4, -0.2) is 55.7 Å². The van der Waals surface area contributed by atoms with Crippen molar-refractivity contribution < 1.29 is 28.9 Å². The van der Waals surface area contributed by atoms with E-state index in [-0.39, 0.29) is 30.2 Å². The van der Waals surface area contributed by atoms with Crippen LogP contribution in [0.1, 0.15) is 77.3 Å². The number of amides is 1. The number of rotatable bonds is 7. The van der Waals surface area contributed by atoms with Gasteiger partial charge in [-0.2, -0.15) is 0 Å². The summed E-state index contributed by atoms with van der Waals surface area (Å²) in [7, 11) is 0. The fraction of sp³-hybridized carbons (Fsp3) is 0.364. The summed E-state index contributed by atoms with van der Waals surface area (Å²) in [6.07, 6.45) is 6.01. The number of aliphatic hydroxyl groups excluding tert-OH is 1. The lowest BCUT2D eigenvalue weighted by molar-refractivity contribution is 0.0545. The molecule has 0 spiro atoms. The van der Waals surface area contributed by atoms with E-state index in [0.29, 0.717) is 54.1 Å². The van der Waals surface area contributed by atoms with Crippen molar-refractivity contribution in [3.63, 3.8) is 0 Å². The molecule has 1 saturated heterocycles. The van der Waals surface area contributed by atoms with Gasteiger partial charge in [0.15, 0.2) is 0 Å². The van der Waals surface area contributed by atoms with E-state index in [1.807, 2.05) is 0 Å². The number of piperidine rings is 1. The standard InChI is InChI=1S/C33H33BrFN3O5/c34-27-10-6-20(32(40)37-14-12-24(39)13-15-37)16-22(27)19-43-25-8-9-26(28(35)18-25)31-36-29-17-21(33(41)42)7-11-30(29)38(31)23-4-2-1-3-5-23/h6-11,16-18,23-24,39H,1-5,12-15,19H2,(H,41,42). The largest absolute Gasteiger partial charge is 0.489 e. The third-order valence-electron chi connectivity index (χ3n) is 8.50. The normalized spacial score (nSPS) is 16.5. The summed E-state index contributed by atoms with van der Waals surface area (Å²) in [6, 6.07) is 15.1. The van der Waals surface area contributed by atoms with Crippen LogP contribution in [0.5, 0.6) is 5.75 Å². The first-order valence-corrected chi connectivity index (χ1v) is 15.5. The molecule has 1 aromatic heterocycles. The molecule has 2 fully saturated rings. The minimum Gasteiger partial charge on any atom is -0.489 e. The van der Waals surface area contributed by atoms with Crippen molar-refractivity contribution in [3.8, 4) is 17.1 Å². The van der Waals surface area contributed by atoms with Crippen molar-refractivity contribution >= 4 is 38.8 Å². The number of hydrogen-bond donors (Lipinski definition) is 2. The summed E-state index contributed by atoms with van der Waals surface area (Å²) in [6.45, 7) is 1.16. The topological polar surface area (TPSA) is 105 Å². The molecule has 8 nitrogen and oxygen atoms in total. The van der Waals surface area contributed by atoms with Gasteiger partial charge in [-0.3, -0.25) is 4.79 Å². The van der Waals surface area contributed by atoms with Gasteiger partial charge >= 0.3 is 5.97 Å². The van der Waals surface area contributed by atoms with Gasteiger partial charge in [-0.25, -0.2) is 14.2 Å². The predicted octanol–water partition coefficient (Wildman–Crippen LogP) is 6.98. The summed E-state index contributed by atoms with van der Waals surface area (Å²) in [5.74, 6) is -0.793. The Labute approximate surface area is 257 Å². The van der Waals surface area contributed by atoms with E-state index in [0.717, 1.165) is 47.7 Å². The summed E-state index contributed by atoms with van der Waals surface area (Å²) < 4.78 is 24.5. The number of aliphatic hydroxyl groups is 1. The molecule has 3 aromatic carbocycles. The van der Waals surface area contributed by atoms with E-state index in [9.17, 15) is 19.8 Å². The quantitative estimate of drug-likeness (QED) is 0.224. The lowest BCUT2D eigenvalue weighted by Gasteiger charge is -2.29. The fourth-order valence-corrected chi connectivity index (χ4v) is 6.49. The number of hydrogen-bond acceptors (Lipinski definition) is 5.